The van der Waals surface area contributed by atoms with Crippen LogP contribution >= 0.6 is 11.6 Å². The third-order valence-electron chi connectivity index (χ3n) is 3.20. The van der Waals surface area contributed by atoms with Gasteiger partial charge >= 0.3 is 0 Å². The van der Waals surface area contributed by atoms with Crippen LogP contribution in [0.2, 0.25) is 5.02 Å². The van der Waals surface area contributed by atoms with Gasteiger partial charge in [0, 0.05) is 17.1 Å². The first-order chi connectivity index (χ1) is 6.30. The molecule has 1 aromatic rings. The van der Waals surface area contributed by atoms with E-state index in [1.54, 1.807) is 0 Å². The van der Waals surface area contributed by atoms with Gasteiger partial charge in [0.25, 0.3) is 0 Å². The molecule has 68 valence electrons. The summed E-state index contributed by atoms with van der Waals surface area (Å²) >= 11 is 6.00. The Balaban J connectivity index is 2.16. The highest BCUT2D eigenvalue weighted by atomic mass is 35.5. The number of hydrogen-bond acceptors (Lipinski definition) is 1. The minimum absolute atomic E-state index is 0.318. The van der Waals surface area contributed by atoms with Crippen LogP contribution in [-0.4, -0.2) is 6.54 Å². The van der Waals surface area contributed by atoms with Crippen LogP contribution in [-0.2, 0) is 12.0 Å². The molecule has 1 fully saturated rings. The van der Waals surface area contributed by atoms with Crippen LogP contribution in [0.25, 0.3) is 0 Å². The van der Waals surface area contributed by atoms with Gasteiger partial charge < -0.3 is 5.32 Å². The van der Waals surface area contributed by atoms with Crippen molar-refractivity contribution >= 4 is 11.6 Å². The fraction of sp³-hybridized carbons (Fsp3) is 0.455. The molecule has 2 heteroatoms. The molecule has 1 aliphatic heterocycles. The number of benzene rings is 1. The number of hydrogen-bond donors (Lipinski definition) is 1. The summed E-state index contributed by atoms with van der Waals surface area (Å²) in [5.41, 5.74) is 3.25. The zero-order chi connectivity index (χ0) is 8.89. The first-order valence-electron chi connectivity index (χ1n) is 4.84. The minimum atomic E-state index is 0.318. The highest BCUT2D eigenvalue weighted by molar-refractivity contribution is 6.30. The zero-order valence-corrected chi connectivity index (χ0v) is 8.19. The molecule has 13 heavy (non-hydrogen) atoms. The Hall–Kier alpha value is -0.530. The summed E-state index contributed by atoms with van der Waals surface area (Å²) < 4.78 is 0. The fourth-order valence-electron chi connectivity index (χ4n) is 2.31. The van der Waals surface area contributed by atoms with Gasteiger partial charge in [-0.2, -0.15) is 0 Å². The van der Waals surface area contributed by atoms with Gasteiger partial charge in [-0.3, -0.25) is 0 Å². The summed E-state index contributed by atoms with van der Waals surface area (Å²) in [7, 11) is 0. The second kappa shape index (κ2) is 2.49. The van der Waals surface area contributed by atoms with Crippen LogP contribution in [0.4, 0.5) is 0 Å². The molecule has 0 aromatic heterocycles. The van der Waals surface area contributed by atoms with Gasteiger partial charge in [-0.25, -0.2) is 0 Å². The molecule has 0 unspecified atom stereocenters. The third-order valence-corrected chi connectivity index (χ3v) is 3.43. The largest absolute Gasteiger partial charge is 0.307 e. The summed E-state index contributed by atoms with van der Waals surface area (Å²) in [6.07, 6.45) is 3.70. The van der Waals surface area contributed by atoms with Gasteiger partial charge in [0.15, 0.2) is 0 Å². The lowest BCUT2D eigenvalue weighted by molar-refractivity contribution is 0.489. The quantitative estimate of drug-likeness (QED) is 0.668. The molecule has 3 rings (SSSR count). The molecule has 1 spiro atoms. The van der Waals surface area contributed by atoms with E-state index < -0.39 is 0 Å². The van der Waals surface area contributed by atoms with E-state index in [0.29, 0.717) is 5.54 Å². The molecule has 0 amide bonds. The summed E-state index contributed by atoms with van der Waals surface area (Å²) in [4.78, 5) is 0. The van der Waals surface area contributed by atoms with Crippen molar-refractivity contribution in [2.45, 2.75) is 24.8 Å². The standard InChI is InChI=1S/C11H12ClN/c12-9-2-1-8-3-6-13-11(4-5-11)10(8)7-9/h1-2,7,13H,3-6H2. The number of halogens is 1. The van der Waals surface area contributed by atoms with Crippen LogP contribution in [0.1, 0.15) is 24.0 Å². The van der Waals surface area contributed by atoms with Gasteiger partial charge in [-0.1, -0.05) is 17.7 Å². The second-order valence-electron chi connectivity index (χ2n) is 4.06. The first kappa shape index (κ1) is 7.84. The van der Waals surface area contributed by atoms with Crippen LogP contribution in [0.15, 0.2) is 18.2 Å². The van der Waals surface area contributed by atoms with E-state index in [-0.39, 0.29) is 0 Å². The van der Waals surface area contributed by atoms with Gasteiger partial charge in [0.1, 0.15) is 0 Å². The lowest BCUT2D eigenvalue weighted by Crippen LogP contribution is -2.36. The summed E-state index contributed by atoms with van der Waals surface area (Å²) in [5, 5.41) is 4.46. The Labute approximate surface area is 83.1 Å². The Morgan fingerprint density at radius 2 is 2.15 bits per heavy atom. The molecular formula is C11H12ClN. The SMILES string of the molecule is Clc1ccc2c(c1)C1(CC1)NCC2. The average molecular weight is 194 g/mol. The molecule has 1 saturated carbocycles. The molecule has 1 heterocycles. The number of fused-ring (bicyclic) bond motifs is 2. The predicted molar refractivity (Wildman–Crippen MR) is 54.1 cm³/mol. The minimum Gasteiger partial charge on any atom is -0.307 e. The molecule has 0 bridgehead atoms. The van der Waals surface area contributed by atoms with Crippen molar-refractivity contribution < 1.29 is 0 Å². The van der Waals surface area contributed by atoms with Gasteiger partial charge in [0.2, 0.25) is 0 Å². The summed E-state index contributed by atoms with van der Waals surface area (Å²) in [6, 6.07) is 6.32. The predicted octanol–water partition coefficient (Wildman–Crippen LogP) is 2.47. The average Bonchev–Trinajstić information content (AvgIpc) is 2.88. The molecule has 0 saturated heterocycles. The normalized spacial score (nSPS) is 22.8. The summed E-state index contributed by atoms with van der Waals surface area (Å²) in [6.45, 7) is 1.12. The van der Waals surface area contributed by atoms with Crippen LogP contribution in [0.3, 0.4) is 0 Å². The smallest absolute Gasteiger partial charge is 0.0439 e. The van der Waals surface area contributed by atoms with Crippen molar-refractivity contribution in [2.24, 2.45) is 0 Å². The molecule has 1 aliphatic carbocycles. The second-order valence-corrected chi connectivity index (χ2v) is 4.50. The first-order valence-corrected chi connectivity index (χ1v) is 5.22. The number of nitrogens with one attached hydrogen (secondary N) is 1. The van der Waals surface area contributed by atoms with Gasteiger partial charge in [-0.05, 0) is 42.5 Å². The van der Waals surface area contributed by atoms with Crippen molar-refractivity contribution in [3.63, 3.8) is 0 Å². The van der Waals surface area contributed by atoms with Crippen molar-refractivity contribution in [1.82, 2.24) is 5.32 Å². The van der Waals surface area contributed by atoms with Gasteiger partial charge in [-0.15, -0.1) is 0 Å². The fourth-order valence-corrected chi connectivity index (χ4v) is 2.49. The molecular weight excluding hydrogens is 182 g/mol. The molecule has 2 aliphatic rings. The Kier molecular flexibility index (Phi) is 1.50. The van der Waals surface area contributed by atoms with Crippen molar-refractivity contribution in [1.29, 1.82) is 0 Å². The summed E-state index contributed by atoms with van der Waals surface area (Å²) in [5.74, 6) is 0. The maximum atomic E-state index is 6.00. The topological polar surface area (TPSA) is 12.0 Å². The molecule has 1 aromatic carbocycles. The third kappa shape index (κ3) is 1.11. The molecule has 1 nitrogen and oxygen atoms in total. The van der Waals surface area contributed by atoms with E-state index in [1.807, 2.05) is 6.07 Å². The molecule has 0 atom stereocenters. The van der Waals surface area contributed by atoms with E-state index in [9.17, 15) is 0 Å². The van der Waals surface area contributed by atoms with E-state index in [2.05, 4.69) is 17.4 Å². The van der Waals surface area contributed by atoms with Crippen molar-refractivity contribution in [2.75, 3.05) is 6.54 Å². The lowest BCUT2D eigenvalue weighted by Gasteiger charge is -2.26. The number of rotatable bonds is 0. The van der Waals surface area contributed by atoms with Crippen LogP contribution < -0.4 is 5.32 Å². The highest BCUT2D eigenvalue weighted by Crippen LogP contribution is 2.48. The zero-order valence-electron chi connectivity index (χ0n) is 7.44. The lowest BCUT2D eigenvalue weighted by atomic mass is 9.92. The van der Waals surface area contributed by atoms with Crippen LogP contribution in [0, 0.1) is 0 Å². The van der Waals surface area contributed by atoms with E-state index in [1.165, 1.54) is 24.0 Å². The van der Waals surface area contributed by atoms with E-state index in [4.69, 9.17) is 11.6 Å². The monoisotopic (exact) mass is 193 g/mol. The van der Waals surface area contributed by atoms with E-state index >= 15 is 0 Å². The Bertz CT molecular complexity index is 355. The maximum absolute atomic E-state index is 6.00. The highest BCUT2D eigenvalue weighted by Gasteiger charge is 2.46. The van der Waals surface area contributed by atoms with E-state index in [0.717, 1.165) is 18.0 Å². The Morgan fingerprint density at radius 3 is 2.92 bits per heavy atom. The van der Waals surface area contributed by atoms with Gasteiger partial charge in [0.05, 0.1) is 0 Å². The molecule has 1 N–H and O–H groups in total. The molecule has 0 radical (unpaired) electrons. The Morgan fingerprint density at radius 1 is 1.31 bits per heavy atom. The van der Waals surface area contributed by atoms with Crippen molar-refractivity contribution in [3.05, 3.63) is 34.3 Å². The van der Waals surface area contributed by atoms with Crippen molar-refractivity contribution in [3.8, 4) is 0 Å². The maximum Gasteiger partial charge on any atom is 0.0439 e. The van der Waals surface area contributed by atoms with Crippen LogP contribution in [0.5, 0.6) is 0 Å².